The molecule has 1 amide bonds. The number of nitrogens with one attached hydrogen (secondary N) is 1. The molecule has 0 aliphatic heterocycles. The van der Waals surface area contributed by atoms with Crippen molar-refractivity contribution in [3.05, 3.63) is 59.7 Å². The molecule has 0 fully saturated rings. The van der Waals surface area contributed by atoms with Gasteiger partial charge in [-0.3, -0.25) is 0 Å². The van der Waals surface area contributed by atoms with Crippen LogP contribution in [0.25, 0.3) is 11.1 Å². The van der Waals surface area contributed by atoms with Gasteiger partial charge in [-0.05, 0) is 62.3 Å². The van der Waals surface area contributed by atoms with Crippen LogP contribution < -0.4 is 5.32 Å². The monoisotopic (exact) mass is 367 g/mol. The van der Waals surface area contributed by atoms with Crippen LogP contribution in [0.1, 0.15) is 57.1 Å². The van der Waals surface area contributed by atoms with Gasteiger partial charge in [-0.25, -0.2) is 4.79 Å². The Hall–Kier alpha value is -2.33. The molecular weight excluding hydrogens is 338 g/mol. The first kappa shape index (κ1) is 19.4. The summed E-state index contributed by atoms with van der Waals surface area (Å²) in [7, 11) is 0. The fourth-order valence-corrected chi connectivity index (χ4v) is 3.75. The first-order chi connectivity index (χ1) is 12.8. The molecule has 0 saturated heterocycles. The Balaban J connectivity index is 1.55. The van der Waals surface area contributed by atoms with Crippen LogP contribution in [0.4, 0.5) is 4.79 Å². The Morgan fingerprint density at radius 3 is 2.22 bits per heavy atom. The van der Waals surface area contributed by atoms with E-state index in [9.17, 15) is 9.90 Å². The maximum Gasteiger partial charge on any atom is 0.407 e. The molecule has 1 unspecified atom stereocenters. The highest BCUT2D eigenvalue weighted by molar-refractivity contribution is 5.79. The largest absolute Gasteiger partial charge is 0.449 e. The number of carbonyl (C=O) groups is 1. The van der Waals surface area contributed by atoms with Gasteiger partial charge in [0.25, 0.3) is 0 Å². The van der Waals surface area contributed by atoms with Gasteiger partial charge in [0.15, 0.2) is 0 Å². The van der Waals surface area contributed by atoms with Crippen LogP contribution in [0.15, 0.2) is 48.5 Å². The van der Waals surface area contributed by atoms with Gasteiger partial charge in [-0.1, -0.05) is 48.5 Å². The number of ether oxygens (including phenoxy) is 1. The summed E-state index contributed by atoms with van der Waals surface area (Å²) >= 11 is 0. The molecular formula is C23H29NO3. The van der Waals surface area contributed by atoms with Gasteiger partial charge in [-0.2, -0.15) is 0 Å². The molecule has 4 heteroatoms. The minimum Gasteiger partial charge on any atom is -0.449 e. The van der Waals surface area contributed by atoms with Crippen LogP contribution >= 0.6 is 0 Å². The van der Waals surface area contributed by atoms with Gasteiger partial charge in [-0.15, -0.1) is 0 Å². The lowest BCUT2D eigenvalue weighted by Crippen LogP contribution is -2.34. The van der Waals surface area contributed by atoms with Gasteiger partial charge < -0.3 is 15.2 Å². The normalized spacial score (nSPS) is 14.4. The highest BCUT2D eigenvalue weighted by atomic mass is 16.5. The molecule has 144 valence electrons. The molecule has 2 aromatic rings. The molecule has 2 N–H and O–H groups in total. The molecule has 2 aromatic carbocycles. The number of benzene rings is 2. The van der Waals surface area contributed by atoms with Crippen molar-refractivity contribution >= 4 is 6.09 Å². The van der Waals surface area contributed by atoms with Gasteiger partial charge in [0, 0.05) is 12.0 Å². The van der Waals surface area contributed by atoms with Gasteiger partial charge in [0.2, 0.25) is 0 Å². The molecule has 0 radical (unpaired) electrons. The summed E-state index contributed by atoms with van der Waals surface area (Å²) in [4.78, 5) is 12.2. The van der Waals surface area contributed by atoms with Crippen molar-refractivity contribution in [2.75, 3.05) is 6.61 Å². The van der Waals surface area contributed by atoms with E-state index in [2.05, 4.69) is 29.6 Å². The Bertz CT molecular complexity index is 749. The second kappa shape index (κ2) is 8.13. The highest BCUT2D eigenvalue weighted by Crippen LogP contribution is 2.44. The van der Waals surface area contributed by atoms with Crippen LogP contribution in [-0.2, 0) is 4.74 Å². The molecule has 0 aromatic heterocycles. The molecule has 4 nitrogen and oxygen atoms in total. The lowest BCUT2D eigenvalue weighted by molar-refractivity contribution is 0.0674. The maximum atomic E-state index is 12.2. The standard InChI is InChI=1S/C23H29NO3/c1-16(9-8-14-23(2,3)26)24-22(25)27-15-21-19-12-6-4-10-17(19)18-11-5-7-13-20(18)21/h4-7,10-13,16,21,26H,8-9,14-15H2,1-3H3,(H,24,25). The Morgan fingerprint density at radius 2 is 1.67 bits per heavy atom. The van der Waals surface area contributed by atoms with Crippen molar-refractivity contribution in [2.24, 2.45) is 0 Å². The average Bonchev–Trinajstić information content (AvgIpc) is 2.93. The maximum absolute atomic E-state index is 12.2. The number of alkyl carbamates (subject to hydrolysis) is 1. The SMILES string of the molecule is CC(CCCC(C)(C)O)NC(=O)OCC1c2ccccc2-c2ccccc21. The molecule has 1 atom stereocenters. The second-order valence-corrected chi connectivity index (χ2v) is 8.08. The molecule has 0 heterocycles. The third-order valence-electron chi connectivity index (χ3n) is 5.13. The van der Waals surface area contributed by atoms with Crippen molar-refractivity contribution in [1.82, 2.24) is 5.32 Å². The van der Waals surface area contributed by atoms with Crippen LogP contribution in [0.3, 0.4) is 0 Å². The summed E-state index contributed by atoms with van der Waals surface area (Å²) in [5.41, 5.74) is 4.21. The zero-order chi connectivity index (χ0) is 19.4. The molecule has 0 spiro atoms. The zero-order valence-electron chi connectivity index (χ0n) is 16.4. The van der Waals surface area contributed by atoms with E-state index in [0.717, 1.165) is 12.8 Å². The zero-order valence-corrected chi connectivity index (χ0v) is 16.4. The highest BCUT2D eigenvalue weighted by Gasteiger charge is 2.29. The number of carbonyl (C=O) groups excluding carboxylic acids is 1. The first-order valence-electron chi connectivity index (χ1n) is 9.69. The summed E-state index contributed by atoms with van der Waals surface area (Å²) in [5, 5.41) is 12.7. The van der Waals surface area contributed by atoms with E-state index in [1.165, 1.54) is 22.3 Å². The summed E-state index contributed by atoms with van der Waals surface area (Å²) in [6, 6.07) is 16.6. The van der Waals surface area contributed by atoms with E-state index >= 15 is 0 Å². The molecule has 3 rings (SSSR count). The Labute approximate surface area is 161 Å². The third kappa shape index (κ3) is 4.89. The predicted molar refractivity (Wildman–Crippen MR) is 108 cm³/mol. The van der Waals surface area contributed by atoms with Crippen molar-refractivity contribution in [3.8, 4) is 11.1 Å². The second-order valence-electron chi connectivity index (χ2n) is 8.08. The van der Waals surface area contributed by atoms with Crippen molar-refractivity contribution in [3.63, 3.8) is 0 Å². The number of fused-ring (bicyclic) bond motifs is 3. The van der Waals surface area contributed by atoms with E-state index in [0.29, 0.717) is 13.0 Å². The minimum atomic E-state index is -0.663. The van der Waals surface area contributed by atoms with Crippen LogP contribution in [-0.4, -0.2) is 29.4 Å². The Morgan fingerprint density at radius 1 is 1.11 bits per heavy atom. The Kier molecular flexibility index (Phi) is 5.85. The average molecular weight is 367 g/mol. The summed E-state index contributed by atoms with van der Waals surface area (Å²) in [6.45, 7) is 5.90. The summed E-state index contributed by atoms with van der Waals surface area (Å²) in [5.74, 6) is 0.0774. The van der Waals surface area contributed by atoms with Gasteiger partial charge >= 0.3 is 6.09 Å². The van der Waals surface area contributed by atoms with Crippen LogP contribution in [0.2, 0.25) is 0 Å². The molecule has 1 aliphatic carbocycles. The number of hydrogen-bond acceptors (Lipinski definition) is 3. The topological polar surface area (TPSA) is 58.6 Å². The molecule has 0 bridgehead atoms. The van der Waals surface area contributed by atoms with E-state index in [4.69, 9.17) is 4.74 Å². The first-order valence-corrected chi connectivity index (χ1v) is 9.69. The lowest BCUT2D eigenvalue weighted by atomic mass is 9.98. The third-order valence-corrected chi connectivity index (χ3v) is 5.13. The van der Waals surface area contributed by atoms with Crippen molar-refractivity contribution in [2.45, 2.75) is 57.6 Å². The molecule has 27 heavy (non-hydrogen) atoms. The minimum absolute atomic E-state index is 0.0167. The van der Waals surface area contributed by atoms with Crippen LogP contribution in [0, 0.1) is 0 Å². The van der Waals surface area contributed by atoms with Crippen molar-refractivity contribution in [1.29, 1.82) is 0 Å². The number of amides is 1. The summed E-state index contributed by atoms with van der Waals surface area (Å²) < 4.78 is 5.56. The van der Waals surface area contributed by atoms with E-state index in [-0.39, 0.29) is 18.1 Å². The summed E-state index contributed by atoms with van der Waals surface area (Å²) in [6.07, 6.45) is 2.00. The number of hydrogen-bond donors (Lipinski definition) is 2. The smallest absolute Gasteiger partial charge is 0.407 e. The molecule has 1 aliphatic rings. The van der Waals surface area contributed by atoms with E-state index in [1.54, 1.807) is 13.8 Å². The fourth-order valence-electron chi connectivity index (χ4n) is 3.75. The van der Waals surface area contributed by atoms with E-state index in [1.807, 2.05) is 31.2 Å². The predicted octanol–water partition coefficient (Wildman–Crippen LogP) is 4.85. The van der Waals surface area contributed by atoms with Gasteiger partial charge in [0.05, 0.1) is 5.60 Å². The lowest BCUT2D eigenvalue weighted by Gasteiger charge is -2.19. The quantitative estimate of drug-likeness (QED) is 0.735. The fraction of sp³-hybridized carbons (Fsp3) is 0.435. The number of aliphatic hydroxyl groups is 1. The van der Waals surface area contributed by atoms with Crippen molar-refractivity contribution < 1.29 is 14.6 Å². The number of rotatable bonds is 7. The van der Waals surface area contributed by atoms with Gasteiger partial charge in [0.1, 0.15) is 6.61 Å². The van der Waals surface area contributed by atoms with E-state index < -0.39 is 5.60 Å². The van der Waals surface area contributed by atoms with Crippen LogP contribution in [0.5, 0.6) is 0 Å². The molecule has 0 saturated carbocycles.